The minimum absolute atomic E-state index is 0.126. The Kier molecular flexibility index (Phi) is 8.93. The van der Waals surface area contributed by atoms with E-state index in [0.717, 1.165) is 61.3 Å². The third-order valence-corrected chi connectivity index (χ3v) is 14.2. The van der Waals surface area contributed by atoms with Crippen LogP contribution in [-0.2, 0) is 0 Å². The fraction of sp³-hybridized carbons (Fsp3) is 0.0154. The molecule has 0 spiro atoms. The highest BCUT2D eigenvalue weighted by Crippen LogP contribution is 2.51. The smallest absolute Gasteiger partial charge is 0.160 e. The topological polar surface area (TPSA) is 35.6 Å². The van der Waals surface area contributed by atoms with Crippen LogP contribution in [-0.4, -0.2) is 19.1 Å². The molecule has 14 rings (SSSR count). The van der Waals surface area contributed by atoms with Gasteiger partial charge < -0.3 is 9.13 Å². The third kappa shape index (κ3) is 6.30. The zero-order chi connectivity index (χ0) is 45.4. The van der Waals surface area contributed by atoms with Crippen LogP contribution in [0.3, 0.4) is 0 Å². The Hall–Kier alpha value is -9.12. The number of fused-ring (bicyclic) bond motifs is 9. The number of para-hydroxylation sites is 3. The highest BCUT2D eigenvalue weighted by molar-refractivity contribution is 6.13. The molecule has 1 aliphatic rings. The van der Waals surface area contributed by atoms with Gasteiger partial charge in [0.1, 0.15) is 5.52 Å². The van der Waals surface area contributed by atoms with Gasteiger partial charge in [0.25, 0.3) is 0 Å². The molecule has 0 bridgehead atoms. The lowest BCUT2D eigenvalue weighted by Gasteiger charge is -2.15. The average molecular weight is 879 g/mol. The number of aromatic nitrogens is 4. The lowest BCUT2D eigenvalue weighted by molar-refractivity contribution is 1.02. The zero-order valence-electron chi connectivity index (χ0n) is 37.5. The first-order valence-corrected chi connectivity index (χ1v) is 23.7. The Morgan fingerprint density at radius 1 is 0.319 bits per heavy atom. The van der Waals surface area contributed by atoms with Crippen molar-refractivity contribution >= 4 is 43.7 Å². The lowest BCUT2D eigenvalue weighted by Crippen LogP contribution is -1.99. The Labute approximate surface area is 399 Å². The van der Waals surface area contributed by atoms with E-state index in [9.17, 15) is 0 Å². The van der Waals surface area contributed by atoms with Crippen molar-refractivity contribution in [2.45, 2.75) is 5.92 Å². The Morgan fingerprint density at radius 3 is 1.41 bits per heavy atom. The molecule has 0 saturated carbocycles. The summed E-state index contributed by atoms with van der Waals surface area (Å²) in [5.41, 5.74) is 21.8. The van der Waals surface area contributed by atoms with Gasteiger partial charge in [-0.15, -0.1) is 0 Å². The van der Waals surface area contributed by atoms with Gasteiger partial charge in [-0.1, -0.05) is 182 Å². The van der Waals surface area contributed by atoms with Gasteiger partial charge in [-0.25, -0.2) is 9.97 Å². The number of rotatable bonds is 7. The molecule has 3 aromatic heterocycles. The van der Waals surface area contributed by atoms with Crippen molar-refractivity contribution < 1.29 is 0 Å². The van der Waals surface area contributed by atoms with Crippen LogP contribution in [0.4, 0.5) is 0 Å². The zero-order valence-corrected chi connectivity index (χ0v) is 37.5. The van der Waals surface area contributed by atoms with E-state index in [1.807, 2.05) is 6.07 Å². The van der Waals surface area contributed by atoms with Crippen molar-refractivity contribution in [1.29, 1.82) is 0 Å². The van der Waals surface area contributed by atoms with Gasteiger partial charge in [-0.2, -0.15) is 0 Å². The molecular weight excluding hydrogens is 837 g/mol. The molecule has 1 unspecified atom stereocenters. The summed E-state index contributed by atoms with van der Waals surface area (Å²) in [4.78, 5) is 10.8. The molecule has 0 aliphatic heterocycles. The second-order valence-corrected chi connectivity index (χ2v) is 18.1. The second-order valence-electron chi connectivity index (χ2n) is 18.1. The van der Waals surface area contributed by atoms with E-state index in [0.29, 0.717) is 5.82 Å². The van der Waals surface area contributed by atoms with Crippen molar-refractivity contribution in [3.8, 4) is 67.4 Å². The Bertz CT molecular complexity index is 4100. The first kappa shape index (κ1) is 39.1. The van der Waals surface area contributed by atoms with Crippen molar-refractivity contribution in [2.75, 3.05) is 0 Å². The van der Waals surface area contributed by atoms with Gasteiger partial charge in [0.2, 0.25) is 0 Å². The molecule has 1 aliphatic carbocycles. The summed E-state index contributed by atoms with van der Waals surface area (Å²) in [5.74, 6) is 0.832. The van der Waals surface area contributed by atoms with Crippen LogP contribution in [0.5, 0.6) is 0 Å². The lowest BCUT2D eigenvalue weighted by atomic mass is 9.88. The van der Waals surface area contributed by atoms with Gasteiger partial charge >= 0.3 is 0 Å². The van der Waals surface area contributed by atoms with Crippen LogP contribution < -0.4 is 0 Å². The maximum absolute atomic E-state index is 5.43. The molecule has 4 heteroatoms. The SMILES string of the molecule is c1ccc(-c2nc(-c3ccccc3)c3c(n2)c2cc(-c4ccc5c(c4)-c4cc(-c6ccc7c(c6)c6ccccc6n7-c6ccccc6)ccc4C5c4ccccc4)ccc2n3-c2ccccc2)cc1. The summed E-state index contributed by atoms with van der Waals surface area (Å²) in [6.45, 7) is 0. The van der Waals surface area contributed by atoms with Gasteiger partial charge in [-0.05, 0) is 117 Å². The predicted octanol–water partition coefficient (Wildman–Crippen LogP) is 16.5. The van der Waals surface area contributed by atoms with Gasteiger partial charge in [0.15, 0.2) is 5.82 Å². The van der Waals surface area contributed by atoms with Crippen LogP contribution in [0.25, 0.3) is 111 Å². The fourth-order valence-electron chi connectivity index (χ4n) is 11.1. The molecule has 69 heavy (non-hydrogen) atoms. The number of benzene rings is 10. The predicted molar refractivity (Wildman–Crippen MR) is 285 cm³/mol. The molecule has 0 fully saturated rings. The molecule has 322 valence electrons. The molecule has 13 aromatic rings. The first-order chi connectivity index (χ1) is 34.2. The summed E-state index contributed by atoms with van der Waals surface area (Å²) < 4.78 is 4.72. The normalized spacial score (nSPS) is 13.1. The fourth-order valence-corrected chi connectivity index (χ4v) is 11.1. The van der Waals surface area contributed by atoms with Crippen LogP contribution in [0.2, 0.25) is 0 Å². The largest absolute Gasteiger partial charge is 0.309 e. The minimum Gasteiger partial charge on any atom is -0.309 e. The average Bonchev–Trinajstić information content (AvgIpc) is 4.06. The summed E-state index contributed by atoms with van der Waals surface area (Å²) in [5, 5.41) is 3.58. The van der Waals surface area contributed by atoms with E-state index < -0.39 is 0 Å². The van der Waals surface area contributed by atoms with Crippen LogP contribution >= 0.6 is 0 Å². The molecule has 3 heterocycles. The summed E-state index contributed by atoms with van der Waals surface area (Å²) in [6, 6.07) is 90.0. The summed E-state index contributed by atoms with van der Waals surface area (Å²) in [6.07, 6.45) is 0. The van der Waals surface area contributed by atoms with E-state index in [2.05, 4.69) is 252 Å². The quantitative estimate of drug-likeness (QED) is 0.160. The number of hydrogen-bond acceptors (Lipinski definition) is 2. The van der Waals surface area contributed by atoms with Crippen molar-refractivity contribution in [1.82, 2.24) is 19.1 Å². The standard InChI is InChI=1S/C65H42N4/c1-6-18-42(19-7-1)61-52-34-30-45(47-32-36-59-56(40-47)51-28-16-17-29-58(51)68(59)49-24-12-4-13-25-49)38-54(52)55-39-46(31-35-53(55)61)48-33-37-60-57(41-48)63-64(69(60)50-26-14-5-15-27-50)62(43-20-8-2-9-21-43)66-65(67-63)44-22-10-3-11-23-44/h1-41,61H. The Morgan fingerprint density at radius 2 is 0.783 bits per heavy atom. The van der Waals surface area contributed by atoms with E-state index in [1.165, 1.54) is 60.8 Å². The molecule has 0 radical (unpaired) electrons. The second kappa shape index (κ2) is 15.8. The summed E-state index contributed by atoms with van der Waals surface area (Å²) in [7, 11) is 0. The first-order valence-electron chi connectivity index (χ1n) is 23.7. The number of hydrogen-bond donors (Lipinski definition) is 0. The third-order valence-electron chi connectivity index (χ3n) is 14.2. The summed E-state index contributed by atoms with van der Waals surface area (Å²) >= 11 is 0. The minimum atomic E-state index is 0.126. The maximum Gasteiger partial charge on any atom is 0.160 e. The maximum atomic E-state index is 5.43. The van der Waals surface area contributed by atoms with E-state index in [-0.39, 0.29) is 5.92 Å². The Balaban J connectivity index is 0.953. The highest BCUT2D eigenvalue weighted by atomic mass is 15.0. The number of nitrogens with zero attached hydrogens (tertiary/aromatic N) is 4. The van der Waals surface area contributed by atoms with E-state index in [4.69, 9.17) is 9.97 Å². The van der Waals surface area contributed by atoms with E-state index in [1.54, 1.807) is 0 Å². The highest BCUT2D eigenvalue weighted by Gasteiger charge is 2.31. The molecule has 0 amide bonds. The van der Waals surface area contributed by atoms with Crippen LogP contribution in [0.15, 0.2) is 249 Å². The monoisotopic (exact) mass is 878 g/mol. The van der Waals surface area contributed by atoms with Crippen LogP contribution in [0.1, 0.15) is 22.6 Å². The van der Waals surface area contributed by atoms with E-state index >= 15 is 0 Å². The molecular formula is C65H42N4. The molecule has 10 aromatic carbocycles. The molecule has 0 N–H and O–H groups in total. The molecule has 0 saturated heterocycles. The van der Waals surface area contributed by atoms with Crippen molar-refractivity contribution in [3.63, 3.8) is 0 Å². The molecule has 4 nitrogen and oxygen atoms in total. The molecule has 1 atom stereocenters. The van der Waals surface area contributed by atoms with Gasteiger partial charge in [0, 0.05) is 44.6 Å². The van der Waals surface area contributed by atoms with Crippen molar-refractivity contribution in [3.05, 3.63) is 265 Å². The van der Waals surface area contributed by atoms with Crippen molar-refractivity contribution in [2.24, 2.45) is 0 Å². The van der Waals surface area contributed by atoms with Gasteiger partial charge in [0.05, 0.1) is 27.8 Å². The van der Waals surface area contributed by atoms with Crippen LogP contribution in [0, 0.1) is 0 Å². The van der Waals surface area contributed by atoms with Gasteiger partial charge in [-0.3, -0.25) is 0 Å².